The first kappa shape index (κ1) is 29.5. The number of carbonyl (C=O) groups excluding carboxylic acids is 2. The van der Waals surface area contributed by atoms with Gasteiger partial charge >= 0.3 is 0 Å². The largest absolute Gasteiger partial charge is 0.497 e. The number of methoxy groups -OCH3 is 1. The highest BCUT2D eigenvalue weighted by Crippen LogP contribution is 2.41. The summed E-state index contributed by atoms with van der Waals surface area (Å²) in [6.45, 7) is 2.64. The third kappa shape index (κ3) is 5.59. The van der Waals surface area contributed by atoms with Gasteiger partial charge in [0.1, 0.15) is 22.5 Å². The van der Waals surface area contributed by atoms with Gasteiger partial charge in [0.15, 0.2) is 0 Å². The van der Waals surface area contributed by atoms with Crippen molar-refractivity contribution in [1.29, 1.82) is 0 Å². The lowest BCUT2D eigenvalue weighted by molar-refractivity contribution is -0.130. The number of benzene rings is 3. The van der Waals surface area contributed by atoms with E-state index < -0.39 is 22.5 Å². The van der Waals surface area contributed by atoms with Crippen LogP contribution in [-0.4, -0.2) is 60.4 Å². The Morgan fingerprint density at radius 1 is 1.00 bits per heavy atom. The maximum absolute atomic E-state index is 15.7. The van der Waals surface area contributed by atoms with Crippen LogP contribution in [0.2, 0.25) is 5.02 Å². The third-order valence-corrected chi connectivity index (χ3v) is 10.1. The average molecular weight is 648 g/mol. The number of hydrogen-bond donors (Lipinski definition) is 1. The molecule has 12 heteroatoms. The fourth-order valence-electron chi connectivity index (χ4n) is 6.04. The van der Waals surface area contributed by atoms with E-state index in [-0.39, 0.29) is 28.7 Å². The number of nitrogens with one attached hydrogen (secondary N) is 1. The highest BCUT2D eigenvalue weighted by Gasteiger charge is 2.36. The minimum absolute atomic E-state index is 0.102. The standard InChI is InChI=1S/C33H31ClFN5O4S/c1-44-22-10-8-20(9-11-22)37-12-14-38(15-13-37)29-17-28-24(16-27(29)35)31(42)25(18-39(28)21-6-7-21)32(43)36-40-30(41)19-45-33(40)23-4-2-3-5-26(23)34/h2-5,8-11,16-18,21,33H,6-7,12-15,19H2,1H3,(H,36,43). The van der Waals surface area contributed by atoms with Crippen molar-refractivity contribution in [2.24, 2.45) is 0 Å². The fourth-order valence-corrected chi connectivity index (χ4v) is 7.48. The first-order chi connectivity index (χ1) is 21.8. The van der Waals surface area contributed by atoms with Crippen LogP contribution in [0, 0.1) is 5.82 Å². The van der Waals surface area contributed by atoms with Crippen molar-refractivity contribution in [3.63, 3.8) is 0 Å². The van der Waals surface area contributed by atoms with Crippen molar-refractivity contribution < 1.29 is 18.7 Å². The van der Waals surface area contributed by atoms with Gasteiger partial charge in [-0.3, -0.25) is 19.8 Å². The summed E-state index contributed by atoms with van der Waals surface area (Å²) in [6, 6.07) is 18.1. The molecule has 1 saturated carbocycles. The number of carbonyl (C=O) groups is 2. The minimum atomic E-state index is -0.719. The second-order valence-corrected chi connectivity index (χ2v) is 12.9. The molecule has 0 radical (unpaired) electrons. The van der Waals surface area contributed by atoms with Crippen molar-refractivity contribution in [2.75, 3.05) is 48.8 Å². The Hall–Kier alpha value is -4.22. The van der Waals surface area contributed by atoms with Crippen LogP contribution in [0.25, 0.3) is 10.9 Å². The number of pyridine rings is 1. The molecule has 232 valence electrons. The number of hydrazine groups is 1. The Morgan fingerprint density at radius 2 is 1.71 bits per heavy atom. The Labute approximate surface area is 268 Å². The molecule has 1 atom stereocenters. The molecule has 2 aliphatic heterocycles. The zero-order valence-electron chi connectivity index (χ0n) is 24.5. The smallest absolute Gasteiger partial charge is 0.275 e. The highest BCUT2D eigenvalue weighted by molar-refractivity contribution is 8.00. The number of halogens is 2. The predicted molar refractivity (Wildman–Crippen MR) is 175 cm³/mol. The minimum Gasteiger partial charge on any atom is -0.497 e. The lowest BCUT2D eigenvalue weighted by atomic mass is 10.1. The van der Waals surface area contributed by atoms with Crippen LogP contribution in [0.1, 0.15) is 40.2 Å². The Kier molecular flexibility index (Phi) is 7.83. The van der Waals surface area contributed by atoms with Gasteiger partial charge in [-0.2, -0.15) is 0 Å². The van der Waals surface area contributed by atoms with E-state index in [9.17, 15) is 14.4 Å². The molecule has 3 aliphatic rings. The second-order valence-electron chi connectivity index (χ2n) is 11.4. The summed E-state index contributed by atoms with van der Waals surface area (Å²) in [4.78, 5) is 44.3. The van der Waals surface area contributed by atoms with Crippen LogP contribution >= 0.6 is 23.4 Å². The molecule has 2 amide bonds. The third-order valence-electron chi connectivity index (χ3n) is 8.60. The molecular weight excluding hydrogens is 617 g/mol. The molecule has 7 rings (SSSR count). The monoisotopic (exact) mass is 647 g/mol. The van der Waals surface area contributed by atoms with Gasteiger partial charge in [-0.1, -0.05) is 29.8 Å². The quantitative estimate of drug-likeness (QED) is 0.288. The maximum Gasteiger partial charge on any atom is 0.275 e. The van der Waals surface area contributed by atoms with Gasteiger partial charge in [0.25, 0.3) is 11.8 Å². The molecule has 45 heavy (non-hydrogen) atoms. The number of aromatic nitrogens is 1. The molecule has 1 aromatic heterocycles. The molecule has 0 bridgehead atoms. The Balaban J connectivity index is 1.16. The summed E-state index contributed by atoms with van der Waals surface area (Å²) in [7, 11) is 1.64. The van der Waals surface area contributed by atoms with Gasteiger partial charge in [0.2, 0.25) is 5.43 Å². The molecule has 3 aromatic carbocycles. The summed E-state index contributed by atoms with van der Waals surface area (Å²) < 4.78 is 22.9. The molecule has 1 unspecified atom stereocenters. The van der Waals surface area contributed by atoms with E-state index in [2.05, 4.69) is 10.3 Å². The fraction of sp³-hybridized carbons (Fsp3) is 0.303. The first-order valence-electron chi connectivity index (χ1n) is 14.8. The molecule has 0 spiro atoms. The lowest BCUT2D eigenvalue weighted by Gasteiger charge is -2.37. The van der Waals surface area contributed by atoms with Crippen LogP contribution in [0.15, 0.2) is 71.7 Å². The number of anilines is 2. The van der Waals surface area contributed by atoms with Crippen LogP contribution < -0.4 is 25.4 Å². The van der Waals surface area contributed by atoms with Gasteiger partial charge in [-0.15, -0.1) is 11.8 Å². The molecule has 1 N–H and O–H groups in total. The number of ether oxygens (including phenoxy) is 1. The zero-order valence-corrected chi connectivity index (χ0v) is 26.1. The number of amides is 2. The van der Waals surface area contributed by atoms with Crippen molar-refractivity contribution in [3.8, 4) is 5.75 Å². The first-order valence-corrected chi connectivity index (χ1v) is 16.3. The van der Waals surface area contributed by atoms with Crippen LogP contribution in [-0.2, 0) is 4.79 Å². The normalized spacial score (nSPS) is 18.5. The summed E-state index contributed by atoms with van der Waals surface area (Å²) in [5.74, 6) is -0.583. The van der Waals surface area contributed by atoms with Crippen molar-refractivity contribution in [1.82, 2.24) is 15.0 Å². The van der Waals surface area contributed by atoms with Crippen molar-refractivity contribution in [3.05, 3.63) is 99.1 Å². The van der Waals surface area contributed by atoms with E-state index in [1.165, 1.54) is 22.8 Å². The van der Waals surface area contributed by atoms with Gasteiger partial charge in [-0.05, 0) is 55.3 Å². The molecule has 2 saturated heterocycles. The highest BCUT2D eigenvalue weighted by atomic mass is 35.5. The second kappa shape index (κ2) is 11.9. The van der Waals surface area contributed by atoms with E-state index in [0.29, 0.717) is 48.0 Å². The Morgan fingerprint density at radius 3 is 2.40 bits per heavy atom. The maximum atomic E-state index is 15.7. The molecule has 9 nitrogen and oxygen atoms in total. The van der Waals surface area contributed by atoms with Crippen LogP contribution in [0.3, 0.4) is 0 Å². The van der Waals surface area contributed by atoms with Gasteiger partial charge in [-0.25, -0.2) is 9.40 Å². The van der Waals surface area contributed by atoms with Gasteiger partial charge < -0.3 is 19.1 Å². The number of thioether (sulfide) groups is 1. The van der Waals surface area contributed by atoms with Crippen molar-refractivity contribution in [2.45, 2.75) is 24.3 Å². The number of rotatable bonds is 7. The van der Waals surface area contributed by atoms with E-state index in [0.717, 1.165) is 24.3 Å². The lowest BCUT2D eigenvalue weighted by Crippen LogP contribution is -2.47. The molecule has 3 heterocycles. The van der Waals surface area contributed by atoms with Crippen LogP contribution in [0.4, 0.5) is 15.8 Å². The van der Waals surface area contributed by atoms with E-state index in [1.54, 1.807) is 37.6 Å². The molecular formula is C33H31ClFN5O4S. The van der Waals surface area contributed by atoms with E-state index in [1.807, 2.05) is 39.8 Å². The van der Waals surface area contributed by atoms with Gasteiger partial charge in [0.05, 0.1) is 24.1 Å². The number of fused-ring (bicyclic) bond motifs is 1. The molecule has 1 aliphatic carbocycles. The summed E-state index contributed by atoms with van der Waals surface area (Å²) in [5, 5.41) is 1.30. The topological polar surface area (TPSA) is 87.1 Å². The van der Waals surface area contributed by atoms with E-state index in [4.69, 9.17) is 16.3 Å². The molecule has 4 aromatic rings. The molecule has 3 fully saturated rings. The average Bonchev–Trinajstić information content (AvgIpc) is 3.85. The number of piperazine rings is 1. The van der Waals surface area contributed by atoms with E-state index >= 15 is 4.39 Å². The van der Waals surface area contributed by atoms with Gasteiger partial charge in [0, 0.05) is 60.1 Å². The van der Waals surface area contributed by atoms with Crippen LogP contribution in [0.5, 0.6) is 5.75 Å². The number of hydrogen-bond acceptors (Lipinski definition) is 7. The number of nitrogens with zero attached hydrogens (tertiary/aromatic N) is 4. The summed E-state index contributed by atoms with van der Waals surface area (Å²) in [6.07, 6.45) is 3.34. The SMILES string of the molecule is COc1ccc(N2CCN(c3cc4c(cc3F)c(=O)c(C(=O)NN3C(=O)CSC3c3ccccc3Cl)cn4C3CC3)CC2)cc1. The summed E-state index contributed by atoms with van der Waals surface area (Å²) in [5.41, 5.74) is 4.72. The summed E-state index contributed by atoms with van der Waals surface area (Å²) >= 11 is 7.73. The Bertz CT molecular complexity index is 1860. The zero-order chi connectivity index (χ0) is 31.2. The predicted octanol–water partition coefficient (Wildman–Crippen LogP) is 5.38. The van der Waals surface area contributed by atoms with Crippen molar-refractivity contribution >= 4 is 57.5 Å².